The van der Waals surface area contributed by atoms with Gasteiger partial charge in [0.1, 0.15) is 10.4 Å². The molecule has 0 aliphatic carbocycles. The zero-order valence-electron chi connectivity index (χ0n) is 15.7. The number of rotatable bonds is 5. The summed E-state index contributed by atoms with van der Waals surface area (Å²) in [5.74, 6) is -0.138. The summed E-state index contributed by atoms with van der Waals surface area (Å²) in [5.41, 5.74) is 0.381. The molecule has 1 N–H and O–H groups in total. The number of aryl methyl sites for hydroxylation is 2. The molecular weight excluding hydrogens is 340 g/mol. The maximum Gasteiger partial charge on any atom is 0.410 e. The number of aromatic nitrogens is 2. The van der Waals surface area contributed by atoms with Gasteiger partial charge >= 0.3 is 6.09 Å². The maximum atomic E-state index is 12.3. The third kappa shape index (κ3) is 4.72. The Kier molecular flexibility index (Phi) is 5.72. The summed E-state index contributed by atoms with van der Waals surface area (Å²) >= 11 is 1.41. The molecule has 0 unspecified atom stereocenters. The van der Waals surface area contributed by atoms with Crippen molar-refractivity contribution in [3.63, 3.8) is 0 Å². The molecule has 0 saturated heterocycles. The minimum Gasteiger partial charge on any atom is -0.444 e. The van der Waals surface area contributed by atoms with E-state index in [0.717, 1.165) is 15.9 Å². The molecule has 2 amide bonds. The number of carbonyl (C=O) groups excluding carboxylic acids is 2. The first-order valence-electron chi connectivity index (χ1n) is 8.31. The molecule has 0 aliphatic rings. The van der Waals surface area contributed by atoms with Gasteiger partial charge in [-0.1, -0.05) is 0 Å². The second kappa shape index (κ2) is 7.43. The van der Waals surface area contributed by atoms with Gasteiger partial charge in [0.15, 0.2) is 0 Å². The molecular formula is C17H26N4O3S. The van der Waals surface area contributed by atoms with Gasteiger partial charge in [0.25, 0.3) is 5.91 Å². The molecule has 0 radical (unpaired) electrons. The highest BCUT2D eigenvalue weighted by Crippen LogP contribution is 2.27. The van der Waals surface area contributed by atoms with Gasteiger partial charge in [-0.3, -0.25) is 9.48 Å². The molecule has 7 nitrogen and oxygen atoms in total. The summed E-state index contributed by atoms with van der Waals surface area (Å²) < 4.78 is 7.14. The predicted octanol–water partition coefficient (Wildman–Crippen LogP) is 2.93. The van der Waals surface area contributed by atoms with Crippen molar-refractivity contribution in [1.29, 1.82) is 0 Å². The van der Waals surface area contributed by atoms with Gasteiger partial charge in [0, 0.05) is 32.1 Å². The number of likely N-dealkylation sites (N-methyl/N-ethyl adjacent to an activating group) is 1. The third-order valence-corrected chi connectivity index (χ3v) is 4.82. The molecule has 0 aliphatic heterocycles. The summed E-state index contributed by atoms with van der Waals surface area (Å²) in [4.78, 5) is 27.6. The molecule has 25 heavy (non-hydrogen) atoms. The van der Waals surface area contributed by atoms with Crippen molar-refractivity contribution in [3.8, 4) is 0 Å². The molecule has 138 valence electrons. The van der Waals surface area contributed by atoms with E-state index in [1.165, 1.54) is 11.3 Å². The Balaban J connectivity index is 1.92. The van der Waals surface area contributed by atoms with Crippen LogP contribution < -0.4 is 5.32 Å². The molecule has 0 bridgehead atoms. The molecule has 2 aromatic rings. The van der Waals surface area contributed by atoms with E-state index in [1.807, 2.05) is 47.7 Å². The van der Waals surface area contributed by atoms with Crippen LogP contribution in [-0.2, 0) is 11.8 Å². The SMILES string of the molecule is CCN(CCNC(=O)c1cc2c(C)nn(C)c2s1)C(=O)OC(C)(C)C. The van der Waals surface area contributed by atoms with Gasteiger partial charge in [0.2, 0.25) is 0 Å². The summed E-state index contributed by atoms with van der Waals surface area (Å²) in [6.45, 7) is 10.6. The van der Waals surface area contributed by atoms with Gasteiger partial charge in [0.05, 0.1) is 10.6 Å². The Morgan fingerprint density at radius 1 is 1.40 bits per heavy atom. The fraction of sp³-hybridized carbons (Fsp3) is 0.588. The van der Waals surface area contributed by atoms with Crippen LogP contribution in [-0.4, -0.2) is 51.9 Å². The van der Waals surface area contributed by atoms with Crippen LogP contribution in [0.3, 0.4) is 0 Å². The van der Waals surface area contributed by atoms with Gasteiger partial charge in [-0.15, -0.1) is 11.3 Å². The number of hydrogen-bond acceptors (Lipinski definition) is 5. The molecule has 0 aromatic carbocycles. The highest BCUT2D eigenvalue weighted by Gasteiger charge is 2.21. The quantitative estimate of drug-likeness (QED) is 0.883. The van der Waals surface area contributed by atoms with Crippen LogP contribution in [0.1, 0.15) is 43.1 Å². The van der Waals surface area contributed by atoms with Gasteiger partial charge in [-0.2, -0.15) is 5.10 Å². The summed E-state index contributed by atoms with van der Waals surface area (Å²) in [6.07, 6.45) is -0.368. The smallest absolute Gasteiger partial charge is 0.410 e. The van der Waals surface area contributed by atoms with Gasteiger partial charge in [-0.05, 0) is 40.7 Å². The van der Waals surface area contributed by atoms with Crippen molar-refractivity contribution in [3.05, 3.63) is 16.6 Å². The number of amides is 2. The Morgan fingerprint density at radius 3 is 2.64 bits per heavy atom. The summed E-state index contributed by atoms with van der Waals surface area (Å²) in [5, 5.41) is 8.20. The number of fused-ring (bicyclic) bond motifs is 1. The Hall–Kier alpha value is -2.09. The summed E-state index contributed by atoms with van der Waals surface area (Å²) in [6, 6.07) is 1.86. The number of ether oxygens (including phenoxy) is 1. The van der Waals surface area contributed by atoms with Crippen LogP contribution in [0.4, 0.5) is 4.79 Å². The third-order valence-electron chi connectivity index (χ3n) is 3.62. The first kappa shape index (κ1) is 19.2. The number of carbonyl (C=O) groups is 2. The van der Waals surface area contributed by atoms with Crippen molar-refractivity contribution in [2.45, 2.75) is 40.2 Å². The van der Waals surface area contributed by atoms with Gasteiger partial charge < -0.3 is 15.0 Å². The zero-order valence-corrected chi connectivity index (χ0v) is 16.5. The van der Waals surface area contributed by atoms with Crippen molar-refractivity contribution in [2.24, 2.45) is 7.05 Å². The lowest BCUT2D eigenvalue weighted by molar-refractivity contribution is 0.0261. The largest absolute Gasteiger partial charge is 0.444 e. The maximum absolute atomic E-state index is 12.3. The van der Waals surface area contributed by atoms with Crippen molar-refractivity contribution in [2.75, 3.05) is 19.6 Å². The molecule has 0 saturated carbocycles. The Labute approximate surface area is 151 Å². The van der Waals surface area contributed by atoms with E-state index in [9.17, 15) is 9.59 Å². The number of hydrogen-bond donors (Lipinski definition) is 1. The molecule has 2 rings (SSSR count). The van der Waals surface area contributed by atoms with Crippen LogP contribution in [0.5, 0.6) is 0 Å². The van der Waals surface area contributed by atoms with E-state index < -0.39 is 5.60 Å². The van der Waals surface area contributed by atoms with E-state index in [2.05, 4.69) is 10.4 Å². The van der Waals surface area contributed by atoms with Crippen LogP contribution in [0.2, 0.25) is 0 Å². The van der Waals surface area contributed by atoms with Gasteiger partial charge in [-0.25, -0.2) is 4.79 Å². The second-order valence-electron chi connectivity index (χ2n) is 6.85. The van der Waals surface area contributed by atoms with E-state index >= 15 is 0 Å². The fourth-order valence-electron chi connectivity index (χ4n) is 2.41. The minimum absolute atomic E-state index is 0.138. The topological polar surface area (TPSA) is 76.5 Å². The molecule has 2 heterocycles. The second-order valence-corrected chi connectivity index (χ2v) is 7.89. The zero-order chi connectivity index (χ0) is 18.8. The first-order valence-corrected chi connectivity index (χ1v) is 9.13. The normalized spacial score (nSPS) is 11.6. The van der Waals surface area contributed by atoms with Crippen LogP contribution >= 0.6 is 11.3 Å². The predicted molar refractivity (Wildman–Crippen MR) is 99.1 cm³/mol. The highest BCUT2D eigenvalue weighted by molar-refractivity contribution is 7.20. The first-order chi connectivity index (χ1) is 11.6. The van der Waals surface area contributed by atoms with E-state index in [1.54, 1.807) is 9.58 Å². The fourth-order valence-corrected chi connectivity index (χ4v) is 3.45. The average Bonchev–Trinajstić information content (AvgIpc) is 3.04. The Bertz CT molecular complexity index is 738. The lowest BCUT2D eigenvalue weighted by Gasteiger charge is -2.26. The van der Waals surface area contributed by atoms with Crippen LogP contribution in [0.15, 0.2) is 6.07 Å². The molecule has 2 aromatic heterocycles. The highest BCUT2D eigenvalue weighted by atomic mass is 32.1. The number of nitrogens with zero attached hydrogens (tertiary/aromatic N) is 3. The van der Waals surface area contributed by atoms with Crippen LogP contribution in [0, 0.1) is 6.92 Å². The lowest BCUT2D eigenvalue weighted by Crippen LogP contribution is -2.41. The van der Waals surface area contributed by atoms with Crippen molar-refractivity contribution in [1.82, 2.24) is 20.0 Å². The molecule has 0 atom stereocenters. The summed E-state index contributed by atoms with van der Waals surface area (Å²) in [7, 11) is 1.87. The van der Waals surface area contributed by atoms with E-state index in [-0.39, 0.29) is 12.0 Å². The molecule has 0 fully saturated rings. The lowest BCUT2D eigenvalue weighted by atomic mass is 10.2. The van der Waals surface area contributed by atoms with E-state index in [0.29, 0.717) is 24.5 Å². The molecule has 0 spiro atoms. The Morgan fingerprint density at radius 2 is 2.08 bits per heavy atom. The monoisotopic (exact) mass is 366 g/mol. The number of thiophene rings is 1. The van der Waals surface area contributed by atoms with E-state index in [4.69, 9.17) is 4.74 Å². The van der Waals surface area contributed by atoms with Crippen molar-refractivity contribution >= 4 is 33.6 Å². The van der Waals surface area contributed by atoms with Crippen LogP contribution in [0.25, 0.3) is 10.2 Å². The minimum atomic E-state index is -0.531. The number of nitrogens with one attached hydrogen (secondary N) is 1. The standard InChI is InChI=1S/C17H26N4O3S/c1-7-21(16(23)24-17(3,4)5)9-8-18-14(22)13-10-12-11(2)19-20(6)15(12)25-13/h10H,7-9H2,1-6H3,(H,18,22). The average molecular weight is 366 g/mol. The van der Waals surface area contributed by atoms with Crippen molar-refractivity contribution < 1.29 is 14.3 Å². The molecule has 8 heteroatoms.